The minimum absolute atomic E-state index is 0.0613. The smallest absolute Gasteiger partial charge is 0.333 e. The fourth-order valence-electron chi connectivity index (χ4n) is 3.05. The molecule has 158 valence electrons. The summed E-state index contributed by atoms with van der Waals surface area (Å²) in [6.45, 7) is 1.92. The van der Waals surface area contributed by atoms with Crippen molar-refractivity contribution < 1.29 is 13.2 Å². The van der Waals surface area contributed by atoms with Crippen LogP contribution in [-0.2, 0) is 10.0 Å². The second-order valence-corrected chi connectivity index (χ2v) is 10.4. The standard InChI is InChI=1S/C21H16ClN3O4S2/c1-12-2-7-17-15(10-12)20(26)16(11-23-17)13-3-5-14(6-4-13)24-21(27)25-31(28,29)19-9-8-18(22)30-19/h2-11H,1H3,(H,23,26)(H2,24,25,27). The van der Waals surface area contributed by atoms with E-state index in [1.165, 1.54) is 12.1 Å². The molecule has 4 rings (SSSR count). The molecule has 0 aliphatic rings. The van der Waals surface area contributed by atoms with Gasteiger partial charge < -0.3 is 10.3 Å². The van der Waals surface area contributed by atoms with E-state index in [0.29, 0.717) is 26.5 Å². The van der Waals surface area contributed by atoms with Gasteiger partial charge in [0.15, 0.2) is 5.43 Å². The van der Waals surface area contributed by atoms with Gasteiger partial charge in [0, 0.05) is 28.4 Å². The van der Waals surface area contributed by atoms with Crippen molar-refractivity contribution in [2.45, 2.75) is 11.1 Å². The summed E-state index contributed by atoms with van der Waals surface area (Å²) >= 11 is 6.60. The highest BCUT2D eigenvalue weighted by Crippen LogP contribution is 2.25. The summed E-state index contributed by atoms with van der Waals surface area (Å²) in [7, 11) is -4.01. The van der Waals surface area contributed by atoms with Crippen LogP contribution in [0.15, 0.2) is 69.8 Å². The molecule has 0 saturated carbocycles. The number of thiophene rings is 1. The first-order valence-corrected chi connectivity index (χ1v) is 11.7. The number of aromatic amines is 1. The zero-order valence-electron chi connectivity index (χ0n) is 16.1. The van der Waals surface area contributed by atoms with Crippen LogP contribution in [0.4, 0.5) is 10.5 Å². The lowest BCUT2D eigenvalue weighted by molar-refractivity contribution is 0.256. The molecule has 3 N–H and O–H groups in total. The number of halogens is 1. The summed E-state index contributed by atoms with van der Waals surface area (Å²) in [4.78, 5) is 28.1. The molecule has 4 aromatic rings. The highest BCUT2D eigenvalue weighted by molar-refractivity contribution is 7.92. The Hall–Kier alpha value is -3.14. The van der Waals surface area contributed by atoms with Crippen molar-refractivity contribution in [1.82, 2.24) is 9.71 Å². The number of carbonyl (C=O) groups excluding carboxylic acids is 1. The van der Waals surface area contributed by atoms with Crippen LogP contribution < -0.4 is 15.5 Å². The lowest BCUT2D eigenvalue weighted by Gasteiger charge is -2.09. The van der Waals surface area contributed by atoms with Crippen molar-refractivity contribution in [3.05, 3.63) is 80.9 Å². The van der Waals surface area contributed by atoms with E-state index in [0.717, 1.165) is 22.4 Å². The third-order valence-corrected chi connectivity index (χ3v) is 7.58. The molecule has 2 aromatic carbocycles. The minimum atomic E-state index is -4.01. The van der Waals surface area contributed by atoms with Crippen molar-refractivity contribution in [2.75, 3.05) is 5.32 Å². The van der Waals surface area contributed by atoms with Crippen molar-refractivity contribution in [1.29, 1.82) is 0 Å². The summed E-state index contributed by atoms with van der Waals surface area (Å²) < 4.78 is 26.6. The second-order valence-electron chi connectivity index (χ2n) is 6.78. The summed E-state index contributed by atoms with van der Waals surface area (Å²) in [5.41, 5.74) is 3.16. The summed E-state index contributed by atoms with van der Waals surface area (Å²) in [6, 6.07) is 14.0. The maximum atomic E-state index is 12.9. The Bertz CT molecular complexity index is 1460. The van der Waals surface area contributed by atoms with Crippen molar-refractivity contribution >= 4 is 55.6 Å². The van der Waals surface area contributed by atoms with E-state index >= 15 is 0 Å². The van der Waals surface area contributed by atoms with E-state index in [1.54, 1.807) is 30.5 Å². The molecule has 0 saturated heterocycles. The van der Waals surface area contributed by atoms with Gasteiger partial charge in [0.05, 0.1) is 4.34 Å². The number of H-pyrrole nitrogens is 1. The topological polar surface area (TPSA) is 108 Å². The fraction of sp³-hybridized carbons (Fsp3) is 0.0476. The zero-order chi connectivity index (χ0) is 22.2. The van der Waals surface area contributed by atoms with Gasteiger partial charge in [0.2, 0.25) is 0 Å². The van der Waals surface area contributed by atoms with Gasteiger partial charge in [-0.25, -0.2) is 17.9 Å². The van der Waals surface area contributed by atoms with Crippen LogP contribution in [0.5, 0.6) is 0 Å². The average molecular weight is 474 g/mol. The second kappa shape index (κ2) is 8.18. The molecule has 2 heterocycles. The van der Waals surface area contributed by atoms with E-state index in [4.69, 9.17) is 11.6 Å². The lowest BCUT2D eigenvalue weighted by Crippen LogP contribution is -2.33. The molecule has 0 aliphatic heterocycles. The molecule has 2 amide bonds. The van der Waals surface area contributed by atoms with Crippen LogP contribution in [0.1, 0.15) is 5.56 Å². The molecular formula is C21H16ClN3O4S2. The highest BCUT2D eigenvalue weighted by Gasteiger charge is 2.20. The van der Waals surface area contributed by atoms with E-state index in [9.17, 15) is 18.0 Å². The maximum Gasteiger partial charge on any atom is 0.333 e. The minimum Gasteiger partial charge on any atom is -0.360 e. The van der Waals surface area contributed by atoms with E-state index in [2.05, 4.69) is 10.3 Å². The number of aryl methyl sites for hydroxylation is 1. The number of carbonyl (C=O) groups is 1. The Morgan fingerprint density at radius 3 is 2.48 bits per heavy atom. The Morgan fingerprint density at radius 2 is 1.81 bits per heavy atom. The number of hydrogen-bond acceptors (Lipinski definition) is 5. The van der Waals surface area contributed by atoms with Crippen LogP contribution >= 0.6 is 22.9 Å². The number of nitrogens with one attached hydrogen (secondary N) is 3. The van der Waals surface area contributed by atoms with Gasteiger partial charge in [-0.3, -0.25) is 4.79 Å². The number of pyridine rings is 1. The highest BCUT2D eigenvalue weighted by atomic mass is 35.5. The van der Waals surface area contributed by atoms with Crippen LogP contribution in [0.2, 0.25) is 4.34 Å². The number of anilines is 1. The molecular weight excluding hydrogens is 458 g/mol. The van der Waals surface area contributed by atoms with Gasteiger partial charge in [0.25, 0.3) is 10.0 Å². The van der Waals surface area contributed by atoms with Gasteiger partial charge in [-0.15, -0.1) is 11.3 Å². The molecule has 0 atom stereocenters. The van der Waals surface area contributed by atoms with Gasteiger partial charge in [-0.1, -0.05) is 35.4 Å². The molecule has 10 heteroatoms. The third kappa shape index (κ3) is 4.48. The quantitative estimate of drug-likeness (QED) is 0.398. The van der Waals surface area contributed by atoms with Gasteiger partial charge >= 0.3 is 6.03 Å². The first kappa shape index (κ1) is 21.1. The van der Waals surface area contributed by atoms with E-state index < -0.39 is 16.1 Å². The molecule has 0 bridgehead atoms. The largest absolute Gasteiger partial charge is 0.360 e. The molecule has 0 spiro atoms. The Labute approximate surface area is 186 Å². The van der Waals surface area contributed by atoms with Crippen molar-refractivity contribution in [3.8, 4) is 11.1 Å². The first-order chi connectivity index (χ1) is 14.7. The Kier molecular flexibility index (Phi) is 5.57. The average Bonchev–Trinajstić information content (AvgIpc) is 3.16. The number of amides is 2. The first-order valence-electron chi connectivity index (χ1n) is 9.04. The van der Waals surface area contributed by atoms with Crippen LogP contribution in [0.25, 0.3) is 22.0 Å². The number of fused-ring (bicyclic) bond motifs is 1. The molecule has 2 aromatic heterocycles. The summed E-state index contributed by atoms with van der Waals surface area (Å²) in [5, 5.41) is 3.06. The number of benzene rings is 2. The molecule has 0 radical (unpaired) electrons. The van der Waals surface area contributed by atoms with Gasteiger partial charge in [0.1, 0.15) is 4.21 Å². The SMILES string of the molecule is Cc1ccc2[nH]cc(-c3ccc(NC(=O)NS(=O)(=O)c4ccc(Cl)s4)cc3)c(=O)c2c1. The van der Waals surface area contributed by atoms with Crippen LogP contribution in [-0.4, -0.2) is 19.4 Å². The molecule has 7 nitrogen and oxygen atoms in total. The predicted molar refractivity (Wildman–Crippen MR) is 123 cm³/mol. The van der Waals surface area contributed by atoms with Crippen molar-refractivity contribution in [3.63, 3.8) is 0 Å². The molecule has 31 heavy (non-hydrogen) atoms. The van der Waals surface area contributed by atoms with Crippen molar-refractivity contribution in [2.24, 2.45) is 0 Å². The van der Waals surface area contributed by atoms with Gasteiger partial charge in [-0.05, 0) is 48.9 Å². The number of rotatable bonds is 4. The Morgan fingerprint density at radius 1 is 1.06 bits per heavy atom. The van der Waals surface area contributed by atoms with E-state index in [1.807, 2.05) is 29.8 Å². The molecule has 0 fully saturated rings. The number of aromatic nitrogens is 1. The maximum absolute atomic E-state index is 12.9. The molecule has 0 aliphatic carbocycles. The van der Waals surface area contributed by atoms with Crippen LogP contribution in [0.3, 0.4) is 0 Å². The fourth-order valence-corrected chi connectivity index (χ4v) is 5.44. The Balaban J connectivity index is 1.52. The summed E-state index contributed by atoms with van der Waals surface area (Å²) in [6.07, 6.45) is 1.65. The van der Waals surface area contributed by atoms with Crippen LogP contribution in [0, 0.1) is 6.92 Å². The lowest BCUT2D eigenvalue weighted by atomic mass is 10.0. The number of hydrogen-bond donors (Lipinski definition) is 3. The van der Waals surface area contributed by atoms with E-state index in [-0.39, 0.29) is 9.64 Å². The monoisotopic (exact) mass is 473 g/mol. The third-order valence-electron chi connectivity index (χ3n) is 4.53. The van der Waals surface area contributed by atoms with Gasteiger partial charge in [-0.2, -0.15) is 0 Å². The number of sulfonamides is 1. The molecule has 0 unspecified atom stereocenters. The number of urea groups is 1. The summed E-state index contributed by atoms with van der Waals surface area (Å²) in [5.74, 6) is 0. The normalized spacial score (nSPS) is 11.4. The zero-order valence-corrected chi connectivity index (χ0v) is 18.5. The predicted octanol–water partition coefficient (Wildman–Crippen LogP) is 4.73.